The summed E-state index contributed by atoms with van der Waals surface area (Å²) in [6.45, 7) is 3.65. The van der Waals surface area contributed by atoms with E-state index in [1.165, 1.54) is 6.42 Å². The quantitative estimate of drug-likeness (QED) is 0.839. The maximum absolute atomic E-state index is 10.6. The van der Waals surface area contributed by atoms with Gasteiger partial charge in [-0.15, -0.1) is 0 Å². The Balaban J connectivity index is 2.01. The summed E-state index contributed by atoms with van der Waals surface area (Å²) >= 11 is 0. The van der Waals surface area contributed by atoms with Crippen LogP contribution in [0.2, 0.25) is 0 Å². The van der Waals surface area contributed by atoms with Gasteiger partial charge in [0.15, 0.2) is 0 Å². The van der Waals surface area contributed by atoms with Crippen molar-refractivity contribution >= 4 is 0 Å². The van der Waals surface area contributed by atoms with E-state index >= 15 is 0 Å². The number of hydrogen-bond donors (Lipinski definition) is 1. The average Bonchev–Trinajstić information content (AvgIpc) is 2.47. The number of rotatable bonds is 3. The lowest BCUT2D eigenvalue weighted by Gasteiger charge is -2.42. The van der Waals surface area contributed by atoms with Gasteiger partial charge in [-0.25, -0.2) is 0 Å². The molecular weight excluding hydrogens is 226 g/mol. The van der Waals surface area contributed by atoms with Gasteiger partial charge in [-0.2, -0.15) is 5.26 Å². The minimum atomic E-state index is -0.503. The fourth-order valence-corrected chi connectivity index (χ4v) is 3.54. The first-order chi connectivity index (χ1) is 8.72. The first-order valence-electron chi connectivity index (χ1n) is 7.39. The number of ether oxygens (including phenoxy) is 1. The predicted molar refractivity (Wildman–Crippen MR) is 69.8 cm³/mol. The molecule has 1 N–H and O–H groups in total. The van der Waals surface area contributed by atoms with Crippen molar-refractivity contribution in [2.45, 2.75) is 58.0 Å². The van der Waals surface area contributed by atoms with E-state index in [0.29, 0.717) is 6.61 Å². The SMILES string of the molecule is CCC1CCC(C#N)(C(O)C2CCCOC2)CC1. The molecule has 3 heteroatoms. The summed E-state index contributed by atoms with van der Waals surface area (Å²) in [6.07, 6.45) is 6.62. The van der Waals surface area contributed by atoms with Gasteiger partial charge in [0, 0.05) is 12.5 Å². The van der Waals surface area contributed by atoms with Crippen LogP contribution >= 0.6 is 0 Å². The van der Waals surface area contributed by atoms with Crippen LogP contribution in [-0.2, 0) is 4.74 Å². The molecule has 0 aromatic rings. The van der Waals surface area contributed by atoms with Crippen molar-refractivity contribution in [1.29, 1.82) is 5.26 Å². The van der Waals surface area contributed by atoms with Gasteiger partial charge in [0.1, 0.15) is 0 Å². The summed E-state index contributed by atoms with van der Waals surface area (Å²) in [6, 6.07) is 2.45. The van der Waals surface area contributed by atoms with Crippen molar-refractivity contribution < 1.29 is 9.84 Å². The molecule has 1 heterocycles. The molecule has 0 aromatic carbocycles. The zero-order valence-corrected chi connectivity index (χ0v) is 11.4. The van der Waals surface area contributed by atoms with Gasteiger partial charge in [-0.05, 0) is 44.4 Å². The topological polar surface area (TPSA) is 53.2 Å². The Morgan fingerprint density at radius 2 is 2.11 bits per heavy atom. The maximum atomic E-state index is 10.6. The molecule has 1 saturated heterocycles. The largest absolute Gasteiger partial charge is 0.391 e. The molecule has 2 unspecified atom stereocenters. The smallest absolute Gasteiger partial charge is 0.0836 e. The molecule has 2 rings (SSSR count). The van der Waals surface area contributed by atoms with Crippen LogP contribution in [0.3, 0.4) is 0 Å². The zero-order chi connectivity index (χ0) is 13.0. The third kappa shape index (κ3) is 2.70. The van der Waals surface area contributed by atoms with E-state index in [4.69, 9.17) is 4.74 Å². The molecule has 0 spiro atoms. The van der Waals surface area contributed by atoms with Crippen LogP contribution < -0.4 is 0 Å². The average molecular weight is 251 g/mol. The Morgan fingerprint density at radius 3 is 2.61 bits per heavy atom. The maximum Gasteiger partial charge on any atom is 0.0836 e. The van der Waals surface area contributed by atoms with Crippen LogP contribution in [0.1, 0.15) is 51.9 Å². The molecule has 2 aliphatic rings. The molecule has 0 aromatic heterocycles. The van der Waals surface area contributed by atoms with Gasteiger partial charge < -0.3 is 9.84 Å². The lowest BCUT2D eigenvalue weighted by molar-refractivity contribution is -0.0663. The molecule has 1 saturated carbocycles. The van der Waals surface area contributed by atoms with Gasteiger partial charge in [0.25, 0.3) is 0 Å². The summed E-state index contributed by atoms with van der Waals surface area (Å²) in [7, 11) is 0. The number of hydrogen-bond acceptors (Lipinski definition) is 3. The van der Waals surface area contributed by atoms with Crippen LogP contribution in [0, 0.1) is 28.6 Å². The highest BCUT2D eigenvalue weighted by Gasteiger charge is 2.44. The summed E-state index contributed by atoms with van der Waals surface area (Å²) in [5, 5.41) is 20.2. The van der Waals surface area contributed by atoms with E-state index in [0.717, 1.165) is 51.0 Å². The van der Waals surface area contributed by atoms with Crippen molar-refractivity contribution in [1.82, 2.24) is 0 Å². The predicted octanol–water partition coefficient (Wildman–Crippen LogP) is 2.88. The van der Waals surface area contributed by atoms with Gasteiger partial charge >= 0.3 is 0 Å². The Labute approximate surface area is 110 Å². The Bertz CT molecular complexity index is 296. The molecule has 18 heavy (non-hydrogen) atoms. The summed E-state index contributed by atoms with van der Waals surface area (Å²) in [5.41, 5.74) is -0.503. The van der Waals surface area contributed by atoms with Crippen molar-refractivity contribution in [3.63, 3.8) is 0 Å². The van der Waals surface area contributed by atoms with E-state index in [1.54, 1.807) is 0 Å². The normalized spacial score (nSPS) is 38.9. The van der Waals surface area contributed by atoms with Crippen molar-refractivity contribution in [2.24, 2.45) is 17.3 Å². The third-order valence-corrected chi connectivity index (χ3v) is 5.01. The molecule has 102 valence electrons. The first kappa shape index (κ1) is 13.8. The van der Waals surface area contributed by atoms with Crippen LogP contribution in [-0.4, -0.2) is 24.4 Å². The molecule has 0 radical (unpaired) electrons. The minimum absolute atomic E-state index is 0.163. The second-order valence-corrected chi connectivity index (χ2v) is 6.04. The molecule has 2 fully saturated rings. The molecule has 1 aliphatic heterocycles. The Kier molecular flexibility index (Phi) is 4.64. The van der Waals surface area contributed by atoms with E-state index in [9.17, 15) is 10.4 Å². The van der Waals surface area contributed by atoms with E-state index in [1.807, 2.05) is 0 Å². The molecule has 0 amide bonds. The molecule has 1 aliphatic carbocycles. The van der Waals surface area contributed by atoms with E-state index in [2.05, 4.69) is 13.0 Å². The van der Waals surface area contributed by atoms with Gasteiger partial charge in [0.2, 0.25) is 0 Å². The molecule has 2 atom stereocenters. The highest BCUT2D eigenvalue weighted by molar-refractivity contribution is 5.07. The Hall–Kier alpha value is -0.590. The third-order valence-electron chi connectivity index (χ3n) is 5.01. The fourth-order valence-electron chi connectivity index (χ4n) is 3.54. The molecule has 3 nitrogen and oxygen atoms in total. The number of nitrogens with zero attached hydrogens (tertiary/aromatic N) is 1. The Morgan fingerprint density at radius 1 is 1.39 bits per heavy atom. The number of nitriles is 1. The minimum Gasteiger partial charge on any atom is -0.391 e. The van der Waals surface area contributed by atoms with Gasteiger partial charge in [-0.3, -0.25) is 0 Å². The second kappa shape index (κ2) is 6.04. The highest BCUT2D eigenvalue weighted by Crippen LogP contribution is 2.45. The fraction of sp³-hybridized carbons (Fsp3) is 0.933. The van der Waals surface area contributed by atoms with Crippen LogP contribution in [0.15, 0.2) is 0 Å². The molecule has 0 bridgehead atoms. The first-order valence-corrected chi connectivity index (χ1v) is 7.39. The summed E-state index contributed by atoms with van der Waals surface area (Å²) in [5.74, 6) is 0.915. The monoisotopic (exact) mass is 251 g/mol. The van der Waals surface area contributed by atoms with E-state index < -0.39 is 11.5 Å². The lowest BCUT2D eigenvalue weighted by atomic mass is 9.64. The number of aliphatic hydroxyl groups is 1. The summed E-state index contributed by atoms with van der Waals surface area (Å²) < 4.78 is 5.46. The molecular formula is C15H25NO2. The van der Waals surface area contributed by atoms with Gasteiger partial charge in [0.05, 0.1) is 24.2 Å². The van der Waals surface area contributed by atoms with Crippen LogP contribution in [0.4, 0.5) is 0 Å². The second-order valence-electron chi connectivity index (χ2n) is 6.04. The van der Waals surface area contributed by atoms with Crippen molar-refractivity contribution in [3.05, 3.63) is 0 Å². The highest BCUT2D eigenvalue weighted by atomic mass is 16.5. The van der Waals surface area contributed by atoms with Crippen LogP contribution in [0.5, 0.6) is 0 Å². The standard InChI is InChI=1S/C15H25NO2/c1-2-12-5-7-15(11-16,8-6-12)14(17)13-4-3-9-18-10-13/h12-14,17H,2-10H2,1H3. The van der Waals surface area contributed by atoms with Crippen molar-refractivity contribution in [2.75, 3.05) is 13.2 Å². The van der Waals surface area contributed by atoms with Crippen LogP contribution in [0.25, 0.3) is 0 Å². The zero-order valence-electron chi connectivity index (χ0n) is 11.4. The van der Waals surface area contributed by atoms with Gasteiger partial charge in [-0.1, -0.05) is 13.3 Å². The number of aliphatic hydroxyl groups excluding tert-OH is 1. The van der Waals surface area contributed by atoms with Crippen molar-refractivity contribution in [3.8, 4) is 6.07 Å². The lowest BCUT2D eigenvalue weighted by Crippen LogP contribution is -2.44. The van der Waals surface area contributed by atoms with E-state index in [-0.39, 0.29) is 5.92 Å². The summed E-state index contributed by atoms with van der Waals surface area (Å²) in [4.78, 5) is 0.